The third kappa shape index (κ3) is 19.6. The van der Waals surface area contributed by atoms with Crippen molar-refractivity contribution in [3.63, 3.8) is 0 Å². The van der Waals surface area contributed by atoms with E-state index in [1.165, 1.54) is 5.57 Å². The van der Waals surface area contributed by atoms with Crippen molar-refractivity contribution in [2.75, 3.05) is 46.4 Å². The largest absolute Gasteiger partial charge is 0.443 e. The summed E-state index contributed by atoms with van der Waals surface area (Å²) in [6, 6.07) is 6.94. The van der Waals surface area contributed by atoms with Crippen LogP contribution >= 0.6 is 0 Å². The Kier molecular flexibility index (Phi) is 25.1. The lowest BCUT2D eigenvalue weighted by Gasteiger charge is -2.42. The molecule has 0 bridgehead atoms. The average Bonchev–Trinajstić information content (AvgIpc) is 4.29. The third-order valence-electron chi connectivity index (χ3n) is 15.8. The molecule has 1 saturated carbocycles. The third-order valence-corrected chi connectivity index (χ3v) is 15.8. The number of epoxide rings is 2. The van der Waals surface area contributed by atoms with Gasteiger partial charge in [-0.05, 0) is 102 Å². The number of methoxy groups -OCH3 is 1. The van der Waals surface area contributed by atoms with Crippen LogP contribution in [0.5, 0.6) is 0 Å². The first-order valence-corrected chi connectivity index (χ1v) is 28.5. The second kappa shape index (κ2) is 29.9. The number of rotatable bonds is 33. The highest BCUT2D eigenvalue weighted by Crippen LogP contribution is 2.59. The zero-order chi connectivity index (χ0) is 58.0. The first-order valence-electron chi connectivity index (χ1n) is 28.5. The molecule has 4 rings (SSSR count). The van der Waals surface area contributed by atoms with Gasteiger partial charge in [-0.2, -0.15) is 0 Å². The molecule has 11 atom stereocenters. The molecule has 19 nitrogen and oxygen atoms in total. The van der Waals surface area contributed by atoms with Crippen LogP contribution in [-0.4, -0.2) is 141 Å². The van der Waals surface area contributed by atoms with Gasteiger partial charge in [0.1, 0.15) is 35.5 Å². The molecule has 1 aromatic rings. The number of benzene rings is 1. The Bertz CT molecular complexity index is 2180. The van der Waals surface area contributed by atoms with Crippen LogP contribution in [0.25, 0.3) is 0 Å². The van der Waals surface area contributed by atoms with Crippen molar-refractivity contribution in [3.05, 3.63) is 47.5 Å². The molecule has 78 heavy (non-hydrogen) atoms. The zero-order valence-electron chi connectivity index (χ0n) is 49.2. The van der Waals surface area contributed by atoms with Crippen LogP contribution in [0.2, 0.25) is 0 Å². The van der Waals surface area contributed by atoms with E-state index in [9.17, 15) is 38.7 Å². The van der Waals surface area contributed by atoms with E-state index in [1.54, 1.807) is 21.0 Å². The van der Waals surface area contributed by atoms with Gasteiger partial charge in [-0.15, -0.1) is 0 Å². The maximum Gasteiger partial charge on any atom is 0.407 e. The maximum atomic E-state index is 14.1. The summed E-state index contributed by atoms with van der Waals surface area (Å²) >= 11 is 0. The summed E-state index contributed by atoms with van der Waals surface area (Å²) < 4.78 is 24.2. The number of hydrogen-bond donors (Lipinski definition) is 8. The summed E-state index contributed by atoms with van der Waals surface area (Å²) in [6.07, 6.45) is 6.48. The molecule has 440 valence electrons. The SMILES string of the molecule is COC1C(OC(=O)NCCCCCCNC(=O)CNC(=O)[C@H](CC(C)C)NC(=O)[C@H](Cc2ccccc2)NC(=O)CNC(=O)C(C)(CC(C)(CC(C)C)C(=O)NCC(C)O)C(C)C)CC[C@]2(CO2)C1C1(C)O[C@@H]1CC=C(C)C. The second-order valence-electron chi connectivity index (χ2n) is 24.4. The molecular formula is C59H97N7O12. The average molecular weight is 1100 g/mol. The smallest absolute Gasteiger partial charge is 0.407 e. The monoisotopic (exact) mass is 1100 g/mol. The fourth-order valence-electron chi connectivity index (χ4n) is 11.2. The first kappa shape index (κ1) is 65.4. The molecule has 2 aliphatic heterocycles. The van der Waals surface area contributed by atoms with Crippen molar-refractivity contribution in [1.29, 1.82) is 0 Å². The number of hydrogen-bond acceptors (Lipinski definition) is 12. The van der Waals surface area contributed by atoms with Gasteiger partial charge in [0.15, 0.2) is 0 Å². The van der Waals surface area contributed by atoms with Crippen LogP contribution < -0.4 is 37.2 Å². The molecule has 8 N–H and O–H groups in total. The lowest BCUT2D eigenvalue weighted by atomic mass is 9.64. The predicted octanol–water partition coefficient (Wildman–Crippen LogP) is 5.56. The number of aliphatic hydroxyl groups is 1. The van der Waals surface area contributed by atoms with E-state index in [2.05, 4.69) is 64.1 Å². The predicted molar refractivity (Wildman–Crippen MR) is 299 cm³/mol. The molecule has 2 saturated heterocycles. The Hall–Kier alpha value is -5.11. The van der Waals surface area contributed by atoms with E-state index in [0.717, 1.165) is 37.7 Å². The molecule has 19 heteroatoms. The van der Waals surface area contributed by atoms with Gasteiger partial charge in [0.05, 0.1) is 37.8 Å². The van der Waals surface area contributed by atoms with Gasteiger partial charge >= 0.3 is 6.09 Å². The minimum atomic E-state index is -1.13. The Morgan fingerprint density at radius 1 is 0.795 bits per heavy atom. The van der Waals surface area contributed by atoms with Gasteiger partial charge in [-0.25, -0.2) is 4.79 Å². The quantitative estimate of drug-likeness (QED) is 0.0244. The lowest BCUT2D eigenvalue weighted by molar-refractivity contribution is -0.142. The van der Waals surface area contributed by atoms with Crippen molar-refractivity contribution < 1.29 is 57.6 Å². The molecule has 2 heterocycles. The summed E-state index contributed by atoms with van der Waals surface area (Å²) in [7, 11) is 1.65. The summed E-state index contributed by atoms with van der Waals surface area (Å²) in [6.45, 7) is 23.8. The molecule has 1 aromatic carbocycles. The molecule has 3 aliphatic rings. The van der Waals surface area contributed by atoms with Gasteiger partial charge in [0.2, 0.25) is 35.4 Å². The zero-order valence-corrected chi connectivity index (χ0v) is 49.2. The molecule has 3 fully saturated rings. The van der Waals surface area contributed by atoms with Crippen molar-refractivity contribution in [2.24, 2.45) is 34.5 Å². The second-order valence-corrected chi connectivity index (χ2v) is 24.4. The molecule has 1 spiro atoms. The minimum Gasteiger partial charge on any atom is -0.443 e. The summed E-state index contributed by atoms with van der Waals surface area (Å²) in [5, 5.41) is 29.4. The Morgan fingerprint density at radius 3 is 2.01 bits per heavy atom. The molecule has 0 radical (unpaired) electrons. The molecule has 0 aromatic heterocycles. The highest BCUT2D eigenvalue weighted by molar-refractivity contribution is 5.95. The normalized spacial score (nSPS) is 24.1. The fraction of sp³-hybridized carbons (Fsp3) is 0.746. The van der Waals surface area contributed by atoms with Gasteiger partial charge in [0, 0.05) is 44.0 Å². The Balaban J connectivity index is 1.22. The van der Waals surface area contributed by atoms with Crippen LogP contribution in [0.3, 0.4) is 0 Å². The van der Waals surface area contributed by atoms with Gasteiger partial charge in [-0.3, -0.25) is 28.8 Å². The lowest BCUT2D eigenvalue weighted by Crippen LogP contribution is -2.56. The van der Waals surface area contributed by atoms with Crippen molar-refractivity contribution in [2.45, 2.75) is 201 Å². The number of ether oxygens (including phenoxy) is 4. The van der Waals surface area contributed by atoms with Crippen LogP contribution in [0.4, 0.5) is 4.79 Å². The highest BCUT2D eigenvalue weighted by atomic mass is 16.6. The number of unbranched alkanes of at least 4 members (excludes halogenated alkanes) is 3. The van der Waals surface area contributed by atoms with Gasteiger partial charge in [0.25, 0.3) is 0 Å². The van der Waals surface area contributed by atoms with Crippen molar-refractivity contribution in [3.8, 4) is 0 Å². The topological polar surface area (TPSA) is 267 Å². The molecule has 7 unspecified atom stereocenters. The number of aliphatic hydroxyl groups excluding tert-OH is 1. The van der Waals surface area contributed by atoms with E-state index in [4.69, 9.17) is 18.9 Å². The Labute approximate surface area is 464 Å². The Morgan fingerprint density at radius 2 is 1.44 bits per heavy atom. The summed E-state index contributed by atoms with van der Waals surface area (Å²) in [5.74, 6) is -3.05. The van der Waals surface area contributed by atoms with E-state index in [1.807, 2.05) is 78.8 Å². The van der Waals surface area contributed by atoms with E-state index in [0.29, 0.717) is 39.0 Å². The maximum absolute atomic E-state index is 14.1. The number of carbonyl (C=O) groups is 7. The standard InChI is InChI=1S/C59H97N7O12/c1-37(2)23-24-46-58(12,78-46)50-49(75-13)45(25-26-59(50)36-76-59)77-55(74)61-28-20-15-14-19-27-60-47(68)33-62-51(70)43(29-38(3)4)66-52(71)44(30-42-21-17-16-18-22-42)65-48(69)34-64-54(73)57(11,40(7)8)35-56(10,31-39(5)6)53(72)63-32-41(9)67/h16-18,21-23,38-41,43-46,49-50,67H,14-15,19-20,24-36H2,1-13H3,(H,60,68)(H,61,74)(H,62,70)(H,63,72)(H,64,73)(H,65,69)(H,66,71)/t41?,43-,44-,45?,46+,49?,50?,56?,57?,58?,59-/m0/s1. The number of amides is 7. The molecular weight excluding hydrogens is 999 g/mol. The van der Waals surface area contributed by atoms with Crippen LogP contribution in [0.1, 0.15) is 153 Å². The number of nitrogens with one attached hydrogen (secondary N) is 7. The van der Waals surface area contributed by atoms with E-state index in [-0.39, 0.29) is 85.6 Å². The van der Waals surface area contributed by atoms with Crippen molar-refractivity contribution in [1.82, 2.24) is 37.2 Å². The van der Waals surface area contributed by atoms with Crippen LogP contribution in [-0.2, 0) is 54.1 Å². The number of carbonyl (C=O) groups excluding carboxylic acids is 7. The van der Waals surface area contributed by atoms with Crippen molar-refractivity contribution >= 4 is 41.5 Å². The van der Waals surface area contributed by atoms with Crippen LogP contribution in [0.15, 0.2) is 42.0 Å². The van der Waals surface area contributed by atoms with Gasteiger partial charge < -0.3 is 61.3 Å². The minimum absolute atomic E-state index is 0.0228. The molecule has 7 amide bonds. The van der Waals surface area contributed by atoms with Gasteiger partial charge in [-0.1, -0.05) is 110 Å². The highest BCUT2D eigenvalue weighted by Gasteiger charge is 2.72. The fourth-order valence-corrected chi connectivity index (χ4v) is 11.2. The summed E-state index contributed by atoms with van der Waals surface area (Å²) in [5.41, 5.74) is -0.773. The first-order chi connectivity index (χ1) is 36.7. The van der Waals surface area contributed by atoms with Crippen LogP contribution in [0, 0.1) is 34.5 Å². The van der Waals surface area contributed by atoms with E-state index < -0.39 is 77.0 Å². The number of allylic oxidation sites excluding steroid dienone is 1. The molecule has 1 aliphatic carbocycles. The summed E-state index contributed by atoms with van der Waals surface area (Å²) in [4.78, 5) is 94.6. The van der Waals surface area contributed by atoms with E-state index >= 15 is 0 Å². The number of alkyl carbamates (subject to hydrolysis) is 1.